The summed E-state index contributed by atoms with van der Waals surface area (Å²) in [5.41, 5.74) is 2.89. The summed E-state index contributed by atoms with van der Waals surface area (Å²) >= 11 is 0. The molecule has 1 amide bonds. The fourth-order valence-electron chi connectivity index (χ4n) is 7.16. The third kappa shape index (κ3) is 2.54. The molecule has 6 rings (SSSR count). The fraction of sp³-hybridized carbons (Fsp3) is 0.696. The first kappa shape index (κ1) is 16.8. The average Bonchev–Trinajstić information content (AvgIpc) is 2.61. The summed E-state index contributed by atoms with van der Waals surface area (Å²) in [7, 11) is 0. The minimum atomic E-state index is -0.214. The second-order valence-electron chi connectivity index (χ2n) is 9.91. The van der Waals surface area contributed by atoms with Crippen LogP contribution in [0.15, 0.2) is 24.3 Å². The lowest BCUT2D eigenvalue weighted by molar-refractivity contribution is -0.162. The number of aryl methyl sites for hydroxylation is 1. The van der Waals surface area contributed by atoms with E-state index < -0.39 is 0 Å². The van der Waals surface area contributed by atoms with Crippen molar-refractivity contribution < 1.29 is 9.90 Å². The number of hydrogen-bond donors (Lipinski definition) is 1. The summed E-state index contributed by atoms with van der Waals surface area (Å²) in [5, 5.41) is 9.82. The molecule has 0 aromatic heterocycles. The molecule has 4 aliphatic carbocycles. The smallest absolute Gasteiger partial charge is 0.228 e. The van der Waals surface area contributed by atoms with E-state index in [1.165, 1.54) is 30.4 Å². The van der Waals surface area contributed by atoms with E-state index in [9.17, 15) is 9.90 Å². The molecule has 5 aliphatic rings. The number of nitrogens with zero attached hydrogens (tertiary/aromatic N) is 1. The summed E-state index contributed by atoms with van der Waals surface area (Å²) in [6.07, 6.45) is 8.43. The summed E-state index contributed by atoms with van der Waals surface area (Å²) in [6.45, 7) is 3.64. The summed E-state index contributed by atoms with van der Waals surface area (Å²) in [6, 6.07) is 9.15. The van der Waals surface area contributed by atoms with Crippen molar-refractivity contribution >= 4 is 5.91 Å². The molecule has 4 bridgehead atoms. The summed E-state index contributed by atoms with van der Waals surface area (Å²) in [4.78, 5) is 15.7. The van der Waals surface area contributed by atoms with Crippen molar-refractivity contribution in [2.24, 2.45) is 17.3 Å². The highest BCUT2D eigenvalue weighted by Crippen LogP contribution is 2.66. The van der Waals surface area contributed by atoms with Crippen LogP contribution >= 0.6 is 0 Å². The highest BCUT2D eigenvalue weighted by molar-refractivity contribution is 5.83. The van der Waals surface area contributed by atoms with Crippen molar-refractivity contribution in [1.82, 2.24) is 4.90 Å². The molecule has 1 aromatic carbocycles. The topological polar surface area (TPSA) is 40.5 Å². The zero-order valence-electron chi connectivity index (χ0n) is 15.9. The molecular formula is C23H31NO2. The molecule has 1 saturated heterocycles. The SMILES string of the molecule is Cc1ccc(C23CC4CC(CC(C(=O)N5CCC(O)CC5)(C4)C2)C3)cc1. The van der Waals surface area contributed by atoms with Gasteiger partial charge >= 0.3 is 0 Å². The summed E-state index contributed by atoms with van der Waals surface area (Å²) < 4.78 is 0. The van der Waals surface area contributed by atoms with Gasteiger partial charge in [0.2, 0.25) is 5.91 Å². The van der Waals surface area contributed by atoms with E-state index in [1.807, 2.05) is 0 Å². The summed E-state index contributed by atoms with van der Waals surface area (Å²) in [5.74, 6) is 1.85. The van der Waals surface area contributed by atoms with Gasteiger partial charge in [0, 0.05) is 13.1 Å². The van der Waals surface area contributed by atoms with Gasteiger partial charge in [-0.25, -0.2) is 0 Å². The maximum absolute atomic E-state index is 13.6. The van der Waals surface area contributed by atoms with Crippen molar-refractivity contribution in [3.63, 3.8) is 0 Å². The number of rotatable bonds is 2. The van der Waals surface area contributed by atoms with Crippen LogP contribution in [0, 0.1) is 24.2 Å². The van der Waals surface area contributed by atoms with Crippen LogP contribution in [0.5, 0.6) is 0 Å². The van der Waals surface area contributed by atoms with Gasteiger partial charge in [0.25, 0.3) is 0 Å². The number of amides is 1. The van der Waals surface area contributed by atoms with Gasteiger partial charge in [0.15, 0.2) is 0 Å². The minimum Gasteiger partial charge on any atom is -0.393 e. The van der Waals surface area contributed by atoms with E-state index in [0.717, 1.165) is 57.0 Å². The Morgan fingerprint density at radius 1 is 1.04 bits per heavy atom. The van der Waals surface area contributed by atoms with Gasteiger partial charge in [0.1, 0.15) is 0 Å². The molecule has 2 unspecified atom stereocenters. The van der Waals surface area contributed by atoms with Crippen molar-refractivity contribution in [2.75, 3.05) is 13.1 Å². The number of carbonyl (C=O) groups excluding carboxylic acids is 1. The number of benzene rings is 1. The maximum atomic E-state index is 13.6. The first-order valence-electron chi connectivity index (χ1n) is 10.5. The highest BCUT2D eigenvalue weighted by atomic mass is 16.3. The zero-order chi connectivity index (χ0) is 17.9. The van der Waals surface area contributed by atoms with Crippen LogP contribution < -0.4 is 0 Å². The molecular weight excluding hydrogens is 322 g/mol. The Bertz CT molecular complexity index is 687. The molecule has 1 aliphatic heterocycles. The van der Waals surface area contributed by atoms with Crippen LogP contribution in [-0.2, 0) is 10.2 Å². The standard InChI is InChI=1S/C23H31NO2/c1-16-2-4-19(5-3-16)22-11-17-10-18(12-22)14-23(13-17,15-22)21(26)24-8-6-20(25)7-9-24/h2-5,17-18,20,25H,6-15H2,1H3. The number of likely N-dealkylation sites (tertiary alicyclic amines) is 1. The predicted octanol–water partition coefficient (Wildman–Crippen LogP) is 3.82. The Kier molecular flexibility index (Phi) is 3.76. The number of carbonyl (C=O) groups is 1. The van der Waals surface area contributed by atoms with Crippen molar-refractivity contribution in [3.8, 4) is 0 Å². The zero-order valence-corrected chi connectivity index (χ0v) is 15.9. The van der Waals surface area contributed by atoms with E-state index in [-0.39, 0.29) is 16.9 Å². The van der Waals surface area contributed by atoms with E-state index in [4.69, 9.17) is 0 Å². The van der Waals surface area contributed by atoms with Crippen molar-refractivity contribution in [2.45, 2.75) is 69.8 Å². The van der Waals surface area contributed by atoms with Gasteiger partial charge < -0.3 is 10.0 Å². The molecule has 1 aromatic rings. The van der Waals surface area contributed by atoms with Gasteiger partial charge in [-0.2, -0.15) is 0 Å². The van der Waals surface area contributed by atoms with Gasteiger partial charge in [-0.1, -0.05) is 29.8 Å². The minimum absolute atomic E-state index is 0.128. The van der Waals surface area contributed by atoms with E-state index in [0.29, 0.717) is 5.91 Å². The third-order valence-corrected chi connectivity index (χ3v) is 7.93. The fourth-order valence-corrected chi connectivity index (χ4v) is 7.16. The molecule has 3 nitrogen and oxygen atoms in total. The quantitative estimate of drug-likeness (QED) is 0.878. The van der Waals surface area contributed by atoms with Crippen LogP contribution in [0.4, 0.5) is 0 Å². The second kappa shape index (κ2) is 5.82. The average molecular weight is 354 g/mol. The normalized spacial score (nSPS) is 39.4. The van der Waals surface area contributed by atoms with Crippen LogP contribution in [-0.4, -0.2) is 35.1 Å². The molecule has 140 valence electrons. The lowest BCUT2D eigenvalue weighted by atomic mass is 9.42. The van der Waals surface area contributed by atoms with Crippen LogP contribution in [0.1, 0.15) is 62.5 Å². The Balaban J connectivity index is 1.47. The van der Waals surface area contributed by atoms with Gasteiger partial charge in [0.05, 0.1) is 11.5 Å². The molecule has 3 heteroatoms. The monoisotopic (exact) mass is 353 g/mol. The molecule has 4 saturated carbocycles. The van der Waals surface area contributed by atoms with E-state index in [2.05, 4.69) is 36.1 Å². The van der Waals surface area contributed by atoms with Crippen molar-refractivity contribution in [1.29, 1.82) is 0 Å². The Morgan fingerprint density at radius 3 is 2.27 bits per heavy atom. The van der Waals surface area contributed by atoms with Gasteiger partial charge in [-0.3, -0.25) is 4.79 Å². The van der Waals surface area contributed by atoms with E-state index >= 15 is 0 Å². The number of aliphatic hydroxyl groups excluding tert-OH is 1. The Morgan fingerprint density at radius 2 is 1.65 bits per heavy atom. The van der Waals surface area contributed by atoms with Crippen LogP contribution in [0.3, 0.4) is 0 Å². The lowest BCUT2D eigenvalue weighted by Gasteiger charge is -2.62. The van der Waals surface area contributed by atoms with Crippen LogP contribution in [0.2, 0.25) is 0 Å². The highest BCUT2D eigenvalue weighted by Gasteiger charge is 2.61. The number of hydrogen-bond acceptors (Lipinski definition) is 2. The van der Waals surface area contributed by atoms with Crippen LogP contribution in [0.25, 0.3) is 0 Å². The Labute approximate surface area is 156 Å². The van der Waals surface area contributed by atoms with Gasteiger partial charge in [-0.15, -0.1) is 0 Å². The maximum Gasteiger partial charge on any atom is 0.228 e. The number of piperidine rings is 1. The van der Waals surface area contributed by atoms with E-state index in [1.54, 1.807) is 0 Å². The lowest BCUT2D eigenvalue weighted by Crippen LogP contribution is -2.60. The molecule has 0 spiro atoms. The number of aliphatic hydroxyl groups is 1. The van der Waals surface area contributed by atoms with Crippen molar-refractivity contribution in [3.05, 3.63) is 35.4 Å². The molecule has 2 atom stereocenters. The first-order valence-corrected chi connectivity index (χ1v) is 10.5. The van der Waals surface area contributed by atoms with Gasteiger partial charge in [-0.05, 0) is 81.1 Å². The Hall–Kier alpha value is -1.35. The largest absolute Gasteiger partial charge is 0.393 e. The molecule has 1 heterocycles. The first-order chi connectivity index (χ1) is 12.5. The molecule has 26 heavy (non-hydrogen) atoms. The molecule has 5 fully saturated rings. The predicted molar refractivity (Wildman–Crippen MR) is 102 cm³/mol. The molecule has 1 N–H and O–H groups in total. The molecule has 0 radical (unpaired) electrons. The second-order valence-corrected chi connectivity index (χ2v) is 9.91. The third-order valence-electron chi connectivity index (χ3n) is 7.93.